The molecule has 4 amide bonds. The average molecular weight is 453 g/mol. The van der Waals surface area contributed by atoms with E-state index >= 15 is 0 Å². The molecule has 9 heteroatoms. The number of aryl methyl sites for hydroxylation is 1. The van der Waals surface area contributed by atoms with Gasteiger partial charge in [0.2, 0.25) is 0 Å². The number of rotatable bonds is 11. The van der Waals surface area contributed by atoms with E-state index in [-0.39, 0.29) is 12.1 Å². The lowest BCUT2D eigenvalue weighted by atomic mass is 10.2. The molecule has 0 saturated heterocycles. The Morgan fingerprint density at radius 1 is 0.967 bits per heavy atom. The predicted molar refractivity (Wildman–Crippen MR) is 131 cm³/mol. The molecule has 0 bridgehead atoms. The van der Waals surface area contributed by atoms with Crippen molar-refractivity contribution in [2.75, 3.05) is 24.2 Å². The molecule has 0 aromatic heterocycles. The molecular formula is C21H40N4O3Si2. The maximum Gasteiger partial charge on any atom is 0.319 e. The normalized spacial score (nSPS) is 11.7. The van der Waals surface area contributed by atoms with Crippen molar-refractivity contribution in [1.29, 1.82) is 0 Å². The van der Waals surface area contributed by atoms with E-state index in [1.807, 2.05) is 19.1 Å². The van der Waals surface area contributed by atoms with Gasteiger partial charge in [0.25, 0.3) is 0 Å². The van der Waals surface area contributed by atoms with E-state index in [0.29, 0.717) is 17.9 Å². The number of carbonyl (C=O) groups is 2. The Hall–Kier alpha value is -1.85. The van der Waals surface area contributed by atoms with Crippen LogP contribution < -0.4 is 21.3 Å². The van der Waals surface area contributed by atoms with Gasteiger partial charge in [-0.15, -0.1) is 0 Å². The van der Waals surface area contributed by atoms with Gasteiger partial charge in [-0.1, -0.05) is 25.8 Å². The summed E-state index contributed by atoms with van der Waals surface area (Å²) in [6.45, 7) is 13.9. The second kappa shape index (κ2) is 12.1. The Morgan fingerprint density at radius 3 is 2.20 bits per heavy atom. The quantitative estimate of drug-likeness (QED) is 0.264. The summed E-state index contributed by atoms with van der Waals surface area (Å²) < 4.78 is 6.61. The minimum atomic E-state index is -1.72. The summed E-state index contributed by atoms with van der Waals surface area (Å²) in [5.74, 6) is 0. The van der Waals surface area contributed by atoms with Gasteiger partial charge in [-0.2, -0.15) is 0 Å². The zero-order chi connectivity index (χ0) is 22.8. The van der Waals surface area contributed by atoms with Crippen LogP contribution in [0.5, 0.6) is 0 Å². The molecule has 0 fully saturated rings. The lowest BCUT2D eigenvalue weighted by Crippen LogP contribution is -2.44. The Labute approximate surface area is 184 Å². The number of urea groups is 2. The molecule has 0 aliphatic carbocycles. The zero-order valence-corrected chi connectivity index (χ0v) is 21.7. The summed E-state index contributed by atoms with van der Waals surface area (Å²) in [6.07, 6.45) is 3.36. The van der Waals surface area contributed by atoms with Crippen molar-refractivity contribution < 1.29 is 13.7 Å². The molecule has 170 valence electrons. The Bertz CT molecular complexity index is 711. The highest BCUT2D eigenvalue weighted by atomic mass is 28.4. The van der Waals surface area contributed by atoms with Crippen LogP contribution in [0.2, 0.25) is 38.3 Å². The zero-order valence-electron chi connectivity index (χ0n) is 19.7. The lowest BCUT2D eigenvalue weighted by molar-refractivity contribution is 0.252. The third kappa shape index (κ3) is 10.3. The summed E-state index contributed by atoms with van der Waals surface area (Å²) in [4.78, 5) is 23.8. The number of hydrogen-bond acceptors (Lipinski definition) is 3. The van der Waals surface area contributed by atoms with Crippen LogP contribution in [-0.2, 0) is 4.12 Å². The smallest absolute Gasteiger partial charge is 0.319 e. The van der Waals surface area contributed by atoms with Crippen LogP contribution in [0.4, 0.5) is 21.0 Å². The van der Waals surface area contributed by atoms with Crippen LogP contribution in [-0.4, -0.2) is 42.3 Å². The van der Waals surface area contributed by atoms with Gasteiger partial charge in [0.1, 0.15) is 0 Å². The van der Waals surface area contributed by atoms with Gasteiger partial charge in [-0.05, 0) is 69.3 Å². The van der Waals surface area contributed by atoms with Crippen molar-refractivity contribution in [1.82, 2.24) is 10.6 Å². The minimum absolute atomic E-state index is 0.247. The van der Waals surface area contributed by atoms with E-state index in [4.69, 9.17) is 4.12 Å². The summed E-state index contributed by atoms with van der Waals surface area (Å²) in [7, 11) is -1.75. The standard InChI is InChI=1S/C21H40N4O3Si2/c1-8-9-14-29(4,5)28-30(6,7)15-10-13-23-21(27)24-18-12-11-17(2)19(16-18)25-20(26)22-3/h11-12,16H,8-10,13-15H2,1-7H3,(H2,22,25,26)(H2,23,24,27). The third-order valence-corrected chi connectivity index (χ3v) is 12.4. The molecule has 4 N–H and O–H groups in total. The highest BCUT2D eigenvalue weighted by molar-refractivity contribution is 6.84. The molecule has 0 aliphatic rings. The van der Waals surface area contributed by atoms with Crippen molar-refractivity contribution in [3.63, 3.8) is 0 Å². The molecule has 0 radical (unpaired) electrons. The first kappa shape index (κ1) is 26.2. The number of hydrogen-bond donors (Lipinski definition) is 4. The SMILES string of the molecule is CCCC[Si](C)(C)O[Si](C)(C)CCCNC(=O)Nc1ccc(C)c(NC(=O)NC)c1. The summed E-state index contributed by atoms with van der Waals surface area (Å²) >= 11 is 0. The third-order valence-electron chi connectivity index (χ3n) is 4.90. The van der Waals surface area contributed by atoms with E-state index in [9.17, 15) is 9.59 Å². The minimum Gasteiger partial charge on any atom is -0.455 e. The summed E-state index contributed by atoms with van der Waals surface area (Å²) in [5.41, 5.74) is 2.21. The van der Waals surface area contributed by atoms with Gasteiger partial charge in [-0.25, -0.2) is 9.59 Å². The number of benzene rings is 1. The topological polar surface area (TPSA) is 91.5 Å². The number of amides is 4. The predicted octanol–water partition coefficient (Wildman–Crippen LogP) is 5.48. The highest BCUT2D eigenvalue weighted by Gasteiger charge is 2.32. The Morgan fingerprint density at radius 2 is 1.60 bits per heavy atom. The molecule has 0 heterocycles. The second-order valence-electron chi connectivity index (χ2n) is 8.94. The van der Waals surface area contributed by atoms with Crippen molar-refractivity contribution in [2.45, 2.75) is 71.4 Å². The number of anilines is 2. The van der Waals surface area contributed by atoms with E-state index in [0.717, 1.165) is 18.0 Å². The molecule has 0 spiro atoms. The molecule has 1 rings (SSSR count). The van der Waals surface area contributed by atoms with Crippen molar-refractivity contribution in [3.05, 3.63) is 23.8 Å². The largest absolute Gasteiger partial charge is 0.455 e. The first-order valence-electron chi connectivity index (χ1n) is 10.8. The molecule has 1 aromatic carbocycles. The van der Waals surface area contributed by atoms with E-state index in [1.54, 1.807) is 13.1 Å². The van der Waals surface area contributed by atoms with Gasteiger partial charge < -0.3 is 25.4 Å². The van der Waals surface area contributed by atoms with Gasteiger partial charge in [0, 0.05) is 25.0 Å². The molecule has 0 atom stereocenters. The number of unbranched alkanes of at least 4 members (excludes halogenated alkanes) is 1. The van der Waals surface area contributed by atoms with E-state index in [1.165, 1.54) is 18.9 Å². The van der Waals surface area contributed by atoms with Crippen LogP contribution in [0.1, 0.15) is 31.7 Å². The first-order valence-corrected chi connectivity index (χ1v) is 17.1. The number of nitrogens with one attached hydrogen (secondary N) is 4. The summed E-state index contributed by atoms with van der Waals surface area (Å²) in [6, 6.07) is 7.12. The molecule has 1 aromatic rings. The van der Waals surface area contributed by atoms with Crippen LogP contribution in [0.15, 0.2) is 18.2 Å². The Kier molecular flexibility index (Phi) is 10.6. The van der Waals surface area contributed by atoms with E-state index < -0.39 is 16.6 Å². The average Bonchev–Trinajstić information content (AvgIpc) is 2.65. The fourth-order valence-electron chi connectivity index (χ4n) is 3.36. The van der Waals surface area contributed by atoms with Crippen molar-refractivity contribution in [3.8, 4) is 0 Å². The van der Waals surface area contributed by atoms with Crippen LogP contribution in [0, 0.1) is 6.92 Å². The van der Waals surface area contributed by atoms with Crippen molar-refractivity contribution >= 4 is 40.1 Å². The fourth-order valence-corrected chi connectivity index (χ4v) is 12.4. The second-order valence-corrected chi connectivity index (χ2v) is 17.8. The van der Waals surface area contributed by atoms with Crippen LogP contribution in [0.25, 0.3) is 0 Å². The van der Waals surface area contributed by atoms with Gasteiger partial charge in [0.15, 0.2) is 16.6 Å². The molecule has 0 saturated carbocycles. The van der Waals surface area contributed by atoms with Gasteiger partial charge >= 0.3 is 12.1 Å². The van der Waals surface area contributed by atoms with Crippen LogP contribution in [0.3, 0.4) is 0 Å². The van der Waals surface area contributed by atoms with Gasteiger partial charge in [-0.3, -0.25) is 0 Å². The highest BCUT2D eigenvalue weighted by Crippen LogP contribution is 2.24. The monoisotopic (exact) mass is 452 g/mol. The molecule has 30 heavy (non-hydrogen) atoms. The fraction of sp³-hybridized carbons (Fsp3) is 0.619. The Balaban J connectivity index is 2.45. The van der Waals surface area contributed by atoms with Crippen molar-refractivity contribution in [2.24, 2.45) is 0 Å². The maximum atomic E-state index is 12.2. The molecule has 0 unspecified atom stereocenters. The molecular weight excluding hydrogens is 412 g/mol. The molecule has 7 nitrogen and oxygen atoms in total. The van der Waals surface area contributed by atoms with E-state index in [2.05, 4.69) is 54.4 Å². The first-order chi connectivity index (χ1) is 14.0. The van der Waals surface area contributed by atoms with Crippen LogP contribution >= 0.6 is 0 Å². The summed E-state index contributed by atoms with van der Waals surface area (Å²) in [5, 5.41) is 11.0. The number of carbonyl (C=O) groups excluding carboxylic acids is 2. The van der Waals surface area contributed by atoms with Gasteiger partial charge in [0.05, 0.1) is 0 Å². The lowest BCUT2D eigenvalue weighted by Gasteiger charge is -2.34. The maximum absolute atomic E-state index is 12.2. The molecule has 0 aliphatic heterocycles.